The van der Waals surface area contributed by atoms with Crippen LogP contribution in [0.4, 0.5) is 4.39 Å². The quantitative estimate of drug-likeness (QED) is 0.693. The summed E-state index contributed by atoms with van der Waals surface area (Å²) in [6.07, 6.45) is 0. The molecule has 0 spiro atoms. The Bertz CT molecular complexity index is 310. The Hall–Kier alpha value is -0.0800. The lowest BCUT2D eigenvalue weighted by Gasteiger charge is -2.12. The van der Waals surface area contributed by atoms with Crippen LogP contribution in [0, 0.1) is 5.82 Å². The maximum Gasteiger partial charge on any atom is 0.127 e. The second kappa shape index (κ2) is 4.43. The fourth-order valence-electron chi connectivity index (χ4n) is 1.25. The fourth-order valence-corrected chi connectivity index (χ4v) is 2.55. The van der Waals surface area contributed by atoms with Crippen LogP contribution < -0.4 is 0 Å². The minimum absolute atomic E-state index is 0.164. The van der Waals surface area contributed by atoms with Gasteiger partial charge < -0.3 is 0 Å². The molecule has 1 aromatic rings. The van der Waals surface area contributed by atoms with Gasteiger partial charge in [-0.25, -0.2) is 4.39 Å². The highest BCUT2D eigenvalue weighted by Crippen LogP contribution is 2.31. The number of hydrogen-bond donors (Lipinski definition) is 0. The van der Waals surface area contributed by atoms with E-state index in [0.717, 1.165) is 10.0 Å². The molecule has 72 valence electrons. The first-order chi connectivity index (χ1) is 6.07. The minimum atomic E-state index is -0.171. The van der Waals surface area contributed by atoms with Crippen LogP contribution in [0.2, 0.25) is 0 Å². The summed E-state index contributed by atoms with van der Waals surface area (Å²) in [5.41, 5.74) is 1.64. The van der Waals surface area contributed by atoms with Crippen molar-refractivity contribution >= 4 is 27.5 Å². The largest absolute Gasteiger partial charge is 0.207 e. The number of hydrogen-bond acceptors (Lipinski definition) is 0. The average Bonchev–Trinajstić information content (AvgIpc) is 2.04. The monoisotopic (exact) mass is 264 g/mol. The van der Waals surface area contributed by atoms with Crippen molar-refractivity contribution in [3.63, 3.8) is 0 Å². The first-order valence-corrected chi connectivity index (χ1v) is 5.43. The Morgan fingerprint density at radius 2 is 2.08 bits per heavy atom. The summed E-state index contributed by atoms with van der Waals surface area (Å²) in [4.78, 5) is 0. The topological polar surface area (TPSA) is 0 Å². The highest BCUT2D eigenvalue weighted by atomic mass is 79.9. The van der Waals surface area contributed by atoms with Gasteiger partial charge in [-0.3, -0.25) is 0 Å². The van der Waals surface area contributed by atoms with Gasteiger partial charge in [0.25, 0.3) is 0 Å². The molecular formula is C10H11BrClF. The van der Waals surface area contributed by atoms with E-state index in [2.05, 4.69) is 15.9 Å². The van der Waals surface area contributed by atoms with Gasteiger partial charge >= 0.3 is 0 Å². The molecule has 0 saturated carbocycles. The molecule has 0 atom stereocenters. The molecule has 0 amide bonds. The van der Waals surface area contributed by atoms with Gasteiger partial charge in [0.05, 0.1) is 0 Å². The summed E-state index contributed by atoms with van der Waals surface area (Å²) in [5.74, 6) is 0.397. The standard InChI is InChI=1S/C10H11BrClF/c1-6(2)9-8(13)4-3-7(5-12)10(9)11/h3-4,6H,5H2,1-2H3. The van der Waals surface area contributed by atoms with Crippen molar-refractivity contribution in [2.45, 2.75) is 25.6 Å². The van der Waals surface area contributed by atoms with E-state index < -0.39 is 0 Å². The lowest BCUT2D eigenvalue weighted by Crippen LogP contribution is -1.97. The van der Waals surface area contributed by atoms with Crippen molar-refractivity contribution in [1.29, 1.82) is 0 Å². The van der Waals surface area contributed by atoms with E-state index >= 15 is 0 Å². The van der Waals surface area contributed by atoms with Crippen LogP contribution in [-0.2, 0) is 5.88 Å². The van der Waals surface area contributed by atoms with Crippen LogP contribution in [0.15, 0.2) is 16.6 Å². The van der Waals surface area contributed by atoms with E-state index in [0.29, 0.717) is 11.4 Å². The molecule has 0 radical (unpaired) electrons. The summed E-state index contributed by atoms with van der Waals surface area (Å²) in [6, 6.07) is 3.18. The lowest BCUT2D eigenvalue weighted by molar-refractivity contribution is 0.595. The van der Waals surface area contributed by atoms with Gasteiger partial charge in [0.15, 0.2) is 0 Å². The zero-order valence-corrected chi connectivity index (χ0v) is 9.91. The molecule has 1 rings (SSSR count). The SMILES string of the molecule is CC(C)c1c(F)ccc(CCl)c1Br. The van der Waals surface area contributed by atoms with E-state index in [1.54, 1.807) is 6.07 Å². The average molecular weight is 266 g/mol. The minimum Gasteiger partial charge on any atom is -0.207 e. The molecule has 0 N–H and O–H groups in total. The maximum atomic E-state index is 13.3. The summed E-state index contributed by atoms with van der Waals surface area (Å²) in [7, 11) is 0. The summed E-state index contributed by atoms with van der Waals surface area (Å²) in [6.45, 7) is 3.92. The van der Waals surface area contributed by atoms with E-state index in [-0.39, 0.29) is 11.7 Å². The molecule has 13 heavy (non-hydrogen) atoms. The fraction of sp³-hybridized carbons (Fsp3) is 0.400. The van der Waals surface area contributed by atoms with Crippen LogP contribution in [0.1, 0.15) is 30.9 Å². The Balaban J connectivity index is 3.30. The molecule has 0 aliphatic rings. The third kappa shape index (κ3) is 2.23. The smallest absolute Gasteiger partial charge is 0.127 e. The first kappa shape index (κ1) is 11.0. The molecule has 0 aliphatic heterocycles. The molecule has 0 aliphatic carbocycles. The number of halogens is 3. The zero-order chi connectivity index (χ0) is 10.0. The first-order valence-electron chi connectivity index (χ1n) is 4.10. The summed E-state index contributed by atoms with van der Waals surface area (Å²) < 4.78 is 14.1. The van der Waals surface area contributed by atoms with E-state index in [1.165, 1.54) is 6.07 Å². The Labute approximate surface area is 91.2 Å². The molecule has 1 aromatic carbocycles. The molecule has 0 saturated heterocycles. The molecule has 0 unspecified atom stereocenters. The maximum absolute atomic E-state index is 13.3. The second-order valence-corrected chi connectivity index (χ2v) is 4.28. The predicted octanol–water partition coefficient (Wildman–Crippen LogP) is 4.45. The van der Waals surface area contributed by atoms with Crippen molar-refractivity contribution in [3.05, 3.63) is 33.5 Å². The highest BCUT2D eigenvalue weighted by molar-refractivity contribution is 9.10. The molecule has 3 heteroatoms. The van der Waals surface area contributed by atoms with Gasteiger partial charge in [-0.05, 0) is 17.5 Å². The summed E-state index contributed by atoms with van der Waals surface area (Å²) >= 11 is 9.08. The van der Waals surface area contributed by atoms with Crippen LogP contribution in [0.3, 0.4) is 0 Å². The Kier molecular flexibility index (Phi) is 3.74. The van der Waals surface area contributed by atoms with Crippen molar-refractivity contribution < 1.29 is 4.39 Å². The molecular weight excluding hydrogens is 254 g/mol. The van der Waals surface area contributed by atoms with E-state index in [1.807, 2.05) is 13.8 Å². The third-order valence-electron chi connectivity index (χ3n) is 1.93. The van der Waals surface area contributed by atoms with Gasteiger partial charge in [0, 0.05) is 15.9 Å². The van der Waals surface area contributed by atoms with Crippen molar-refractivity contribution in [1.82, 2.24) is 0 Å². The van der Waals surface area contributed by atoms with Crippen LogP contribution >= 0.6 is 27.5 Å². The third-order valence-corrected chi connectivity index (χ3v) is 3.15. The van der Waals surface area contributed by atoms with Crippen molar-refractivity contribution in [2.75, 3.05) is 0 Å². The summed E-state index contributed by atoms with van der Waals surface area (Å²) in [5, 5.41) is 0. The van der Waals surface area contributed by atoms with Gasteiger partial charge in [-0.2, -0.15) is 0 Å². The molecule has 0 heterocycles. The Morgan fingerprint density at radius 3 is 2.54 bits per heavy atom. The normalized spacial score (nSPS) is 10.9. The molecule has 0 aromatic heterocycles. The van der Waals surface area contributed by atoms with Crippen LogP contribution in [0.5, 0.6) is 0 Å². The number of alkyl halides is 1. The lowest BCUT2D eigenvalue weighted by atomic mass is 10.0. The molecule has 0 fully saturated rings. The van der Waals surface area contributed by atoms with Crippen LogP contribution in [-0.4, -0.2) is 0 Å². The van der Waals surface area contributed by atoms with Crippen LogP contribution in [0.25, 0.3) is 0 Å². The number of rotatable bonds is 2. The van der Waals surface area contributed by atoms with Gasteiger partial charge in [0.2, 0.25) is 0 Å². The van der Waals surface area contributed by atoms with Crippen molar-refractivity contribution in [2.24, 2.45) is 0 Å². The van der Waals surface area contributed by atoms with Gasteiger partial charge in [0.1, 0.15) is 5.82 Å². The molecule has 0 nitrogen and oxygen atoms in total. The highest BCUT2D eigenvalue weighted by Gasteiger charge is 2.13. The number of benzene rings is 1. The predicted molar refractivity (Wildman–Crippen MR) is 57.7 cm³/mol. The zero-order valence-electron chi connectivity index (χ0n) is 7.57. The Morgan fingerprint density at radius 1 is 1.46 bits per heavy atom. The van der Waals surface area contributed by atoms with Crippen molar-refractivity contribution in [3.8, 4) is 0 Å². The van der Waals surface area contributed by atoms with E-state index in [4.69, 9.17) is 11.6 Å². The van der Waals surface area contributed by atoms with E-state index in [9.17, 15) is 4.39 Å². The second-order valence-electron chi connectivity index (χ2n) is 3.22. The van der Waals surface area contributed by atoms with Gasteiger partial charge in [-0.1, -0.05) is 35.8 Å². The molecule has 0 bridgehead atoms. The van der Waals surface area contributed by atoms with Gasteiger partial charge in [-0.15, -0.1) is 11.6 Å².